The maximum Gasteiger partial charge on any atom is 0.346 e. The third-order valence-electron chi connectivity index (χ3n) is 4.38. The average molecular weight is 445 g/mol. The number of carbonyl (C=O) groups is 3. The highest BCUT2D eigenvalue weighted by atomic mass is 35.5. The highest BCUT2D eigenvalue weighted by molar-refractivity contribution is 6.33. The van der Waals surface area contributed by atoms with E-state index in [2.05, 4.69) is 10.2 Å². The minimum atomic E-state index is -0.910. The number of benzene rings is 2. The Morgan fingerprint density at radius 2 is 1.94 bits per heavy atom. The van der Waals surface area contributed by atoms with Crippen LogP contribution in [0.2, 0.25) is 5.02 Å². The molecule has 0 saturated carbocycles. The van der Waals surface area contributed by atoms with E-state index in [1.54, 1.807) is 37.3 Å². The first-order chi connectivity index (χ1) is 14.8. The molecular weight excluding hydrogens is 424 g/mol. The number of nitrogens with one attached hydrogen (secondary N) is 1. The van der Waals surface area contributed by atoms with E-state index >= 15 is 0 Å². The number of hydrazine groups is 1. The normalized spacial score (nSPS) is 15.6. The van der Waals surface area contributed by atoms with E-state index in [1.807, 2.05) is 6.07 Å². The molecule has 0 bridgehead atoms. The molecule has 1 aliphatic rings. The topological polar surface area (TPSA) is 94.2 Å². The maximum atomic E-state index is 12.8. The SMILES string of the molecule is CCOc1cc(C=C2C(=O)NN(c3ccccc3)C2=O)cc(Cl)c1OC(C)C(=O)OC. The third-order valence-corrected chi connectivity index (χ3v) is 4.66. The number of methoxy groups -OCH3 is 1. The maximum absolute atomic E-state index is 12.8. The van der Waals surface area contributed by atoms with Crippen molar-refractivity contribution in [1.29, 1.82) is 0 Å². The van der Waals surface area contributed by atoms with Gasteiger partial charge in [-0.1, -0.05) is 29.8 Å². The van der Waals surface area contributed by atoms with Gasteiger partial charge < -0.3 is 14.2 Å². The van der Waals surface area contributed by atoms with E-state index in [9.17, 15) is 14.4 Å². The lowest BCUT2D eigenvalue weighted by atomic mass is 10.1. The lowest BCUT2D eigenvalue weighted by molar-refractivity contribution is -0.148. The van der Waals surface area contributed by atoms with E-state index < -0.39 is 23.9 Å². The summed E-state index contributed by atoms with van der Waals surface area (Å²) in [5.74, 6) is -1.17. The fourth-order valence-corrected chi connectivity index (χ4v) is 3.19. The number of esters is 1. The van der Waals surface area contributed by atoms with Gasteiger partial charge >= 0.3 is 5.97 Å². The van der Waals surface area contributed by atoms with Crippen molar-refractivity contribution < 1.29 is 28.6 Å². The standard InChI is InChI=1S/C22H21ClN2O6/c1-4-30-18-12-14(11-17(23)19(18)31-13(2)22(28)29-3)10-16-20(26)24-25(21(16)27)15-8-6-5-7-9-15/h5-13H,4H2,1-3H3,(H,24,26). The lowest BCUT2D eigenvalue weighted by Crippen LogP contribution is -2.35. The zero-order valence-corrected chi connectivity index (χ0v) is 17.9. The molecule has 9 heteroatoms. The van der Waals surface area contributed by atoms with Crippen LogP contribution < -0.4 is 19.9 Å². The summed E-state index contributed by atoms with van der Waals surface area (Å²) in [4.78, 5) is 36.9. The van der Waals surface area contributed by atoms with Crippen LogP contribution >= 0.6 is 11.6 Å². The summed E-state index contributed by atoms with van der Waals surface area (Å²) in [6, 6.07) is 11.8. The largest absolute Gasteiger partial charge is 0.490 e. The number of nitrogens with zero attached hydrogens (tertiary/aromatic N) is 1. The van der Waals surface area contributed by atoms with Gasteiger partial charge in [0, 0.05) is 0 Å². The summed E-state index contributed by atoms with van der Waals surface area (Å²) in [5.41, 5.74) is 3.48. The Kier molecular flexibility index (Phi) is 6.81. The van der Waals surface area contributed by atoms with Crippen LogP contribution in [0.5, 0.6) is 11.5 Å². The number of ether oxygens (including phenoxy) is 3. The van der Waals surface area contributed by atoms with E-state index in [-0.39, 0.29) is 22.1 Å². The Labute approximate surface area is 184 Å². The van der Waals surface area contributed by atoms with Gasteiger partial charge in [0.15, 0.2) is 17.6 Å². The number of halogens is 1. The molecule has 8 nitrogen and oxygen atoms in total. The van der Waals surface area contributed by atoms with E-state index in [0.717, 1.165) is 0 Å². The van der Waals surface area contributed by atoms with Crippen molar-refractivity contribution in [1.82, 2.24) is 5.43 Å². The Morgan fingerprint density at radius 1 is 1.23 bits per heavy atom. The van der Waals surface area contributed by atoms with Gasteiger partial charge in [0.2, 0.25) is 0 Å². The van der Waals surface area contributed by atoms with Gasteiger partial charge in [-0.25, -0.2) is 9.80 Å². The van der Waals surface area contributed by atoms with E-state index in [0.29, 0.717) is 17.9 Å². The highest BCUT2D eigenvalue weighted by Gasteiger charge is 2.34. The highest BCUT2D eigenvalue weighted by Crippen LogP contribution is 2.38. The predicted octanol–water partition coefficient (Wildman–Crippen LogP) is 3.14. The number of amides is 2. The molecule has 2 amide bonds. The molecule has 1 heterocycles. The quantitative estimate of drug-likeness (QED) is 0.400. The summed E-state index contributed by atoms with van der Waals surface area (Å²) >= 11 is 6.36. The molecule has 3 rings (SSSR count). The van der Waals surface area contributed by atoms with Crippen LogP contribution in [0, 0.1) is 0 Å². The molecule has 1 N–H and O–H groups in total. The average Bonchev–Trinajstić information content (AvgIpc) is 3.04. The van der Waals surface area contributed by atoms with Crippen LogP contribution in [0.25, 0.3) is 6.08 Å². The van der Waals surface area contributed by atoms with Crippen LogP contribution in [0.3, 0.4) is 0 Å². The molecule has 1 fully saturated rings. The smallest absolute Gasteiger partial charge is 0.346 e. The molecule has 31 heavy (non-hydrogen) atoms. The lowest BCUT2D eigenvalue weighted by Gasteiger charge is -2.17. The summed E-state index contributed by atoms with van der Waals surface area (Å²) in [7, 11) is 1.25. The van der Waals surface area contributed by atoms with Crippen LogP contribution in [0.4, 0.5) is 5.69 Å². The summed E-state index contributed by atoms with van der Waals surface area (Å²) in [5, 5.41) is 1.33. The van der Waals surface area contributed by atoms with E-state index in [1.165, 1.54) is 31.2 Å². The second kappa shape index (κ2) is 9.53. The molecule has 2 aromatic rings. The van der Waals surface area contributed by atoms with Crippen molar-refractivity contribution in [2.45, 2.75) is 20.0 Å². The van der Waals surface area contributed by atoms with Gasteiger partial charge in [-0.05, 0) is 49.8 Å². The molecule has 0 radical (unpaired) electrons. The van der Waals surface area contributed by atoms with Crippen molar-refractivity contribution in [2.75, 3.05) is 18.7 Å². The van der Waals surface area contributed by atoms with Crippen molar-refractivity contribution in [3.8, 4) is 11.5 Å². The summed E-state index contributed by atoms with van der Waals surface area (Å²) in [6.07, 6.45) is 0.509. The Balaban J connectivity index is 1.94. The number of anilines is 1. The zero-order chi connectivity index (χ0) is 22.5. The zero-order valence-electron chi connectivity index (χ0n) is 17.2. The van der Waals surface area contributed by atoms with Gasteiger partial charge in [0.05, 0.1) is 24.4 Å². The first kappa shape index (κ1) is 22.2. The minimum absolute atomic E-state index is 0.0565. The molecule has 1 aliphatic heterocycles. The summed E-state index contributed by atoms with van der Waals surface area (Å²) < 4.78 is 15.9. The molecule has 0 aromatic heterocycles. The molecule has 1 saturated heterocycles. The first-order valence-corrected chi connectivity index (χ1v) is 9.86. The number of para-hydroxylation sites is 1. The van der Waals surface area contributed by atoms with Crippen molar-refractivity contribution >= 4 is 41.1 Å². The summed E-state index contributed by atoms with van der Waals surface area (Å²) in [6.45, 7) is 3.60. The van der Waals surface area contributed by atoms with Gasteiger partial charge in [-0.3, -0.25) is 15.0 Å². The Hall–Kier alpha value is -3.52. The fourth-order valence-electron chi connectivity index (χ4n) is 2.92. The minimum Gasteiger partial charge on any atom is -0.490 e. The third kappa shape index (κ3) is 4.80. The molecule has 0 aliphatic carbocycles. The second-order valence-corrected chi connectivity index (χ2v) is 6.93. The van der Waals surface area contributed by atoms with Gasteiger partial charge in [-0.2, -0.15) is 0 Å². The van der Waals surface area contributed by atoms with Crippen molar-refractivity contribution in [3.63, 3.8) is 0 Å². The Morgan fingerprint density at radius 3 is 2.58 bits per heavy atom. The monoisotopic (exact) mass is 444 g/mol. The number of rotatable bonds is 7. The first-order valence-electron chi connectivity index (χ1n) is 9.48. The predicted molar refractivity (Wildman–Crippen MR) is 115 cm³/mol. The molecule has 1 unspecified atom stereocenters. The van der Waals surface area contributed by atoms with Crippen LogP contribution in [0.15, 0.2) is 48.0 Å². The van der Waals surface area contributed by atoms with Crippen molar-refractivity contribution in [2.24, 2.45) is 0 Å². The Bertz CT molecular complexity index is 1040. The van der Waals surface area contributed by atoms with E-state index in [4.69, 9.17) is 21.1 Å². The van der Waals surface area contributed by atoms with Gasteiger partial charge in [0.1, 0.15) is 5.57 Å². The fraction of sp³-hybridized carbons (Fsp3) is 0.227. The van der Waals surface area contributed by atoms with Crippen LogP contribution in [-0.2, 0) is 19.1 Å². The molecule has 162 valence electrons. The number of carbonyl (C=O) groups excluding carboxylic acids is 3. The second-order valence-electron chi connectivity index (χ2n) is 6.52. The molecule has 2 aromatic carbocycles. The van der Waals surface area contributed by atoms with Crippen molar-refractivity contribution in [3.05, 3.63) is 58.6 Å². The van der Waals surface area contributed by atoms with Gasteiger partial charge in [-0.15, -0.1) is 0 Å². The molecule has 1 atom stereocenters. The molecular formula is C22H21ClN2O6. The van der Waals surface area contributed by atoms with Gasteiger partial charge in [0.25, 0.3) is 11.8 Å². The molecule has 0 spiro atoms. The number of hydrogen-bond donors (Lipinski definition) is 1. The van der Waals surface area contributed by atoms with Crippen LogP contribution in [0.1, 0.15) is 19.4 Å². The number of hydrogen-bond acceptors (Lipinski definition) is 6. The van der Waals surface area contributed by atoms with Crippen LogP contribution in [-0.4, -0.2) is 37.6 Å².